The van der Waals surface area contributed by atoms with Gasteiger partial charge in [0.05, 0.1) is 35.8 Å². The first-order chi connectivity index (χ1) is 15.6. The molecule has 0 radical (unpaired) electrons. The van der Waals surface area contributed by atoms with Crippen LogP contribution in [0.1, 0.15) is 42.2 Å². The van der Waals surface area contributed by atoms with E-state index in [2.05, 4.69) is 10.1 Å². The molecule has 0 bridgehead atoms. The van der Waals surface area contributed by atoms with Gasteiger partial charge in [-0.2, -0.15) is 14.0 Å². The highest BCUT2D eigenvalue weighted by atomic mass is 32.2. The Hall–Kier alpha value is -3.03. The van der Waals surface area contributed by atoms with Crippen molar-refractivity contribution in [2.45, 2.75) is 43.9 Å². The van der Waals surface area contributed by atoms with E-state index in [0.717, 1.165) is 5.69 Å². The zero-order valence-electron chi connectivity index (χ0n) is 18.7. The van der Waals surface area contributed by atoms with E-state index in [9.17, 15) is 27.3 Å². The summed E-state index contributed by atoms with van der Waals surface area (Å²) in [4.78, 5) is 14.7. The van der Waals surface area contributed by atoms with Gasteiger partial charge in [-0.05, 0) is 48.9 Å². The maximum absolute atomic E-state index is 12.7. The normalized spacial score (nSPS) is 13.2. The standard InChI is InChI=1S/C23H27F2N3O4S/c1-4-33(30,31)20-11-7-17(8-12-20)21(13-14-26)27-22(29)18-5-9-19(10-6-18)28(3)16(2)15-32-23(24)25/h5-12,16,21,23H,4,13,15H2,1-3H3,(H,27,29)/t16-,21-/m0/s1. The Morgan fingerprint density at radius 3 is 2.27 bits per heavy atom. The van der Waals surface area contributed by atoms with Crippen LogP contribution in [0.4, 0.5) is 14.5 Å². The average molecular weight is 480 g/mol. The molecule has 0 aliphatic carbocycles. The first kappa shape index (κ1) is 26.2. The lowest BCUT2D eigenvalue weighted by Crippen LogP contribution is -2.33. The fourth-order valence-electron chi connectivity index (χ4n) is 3.09. The number of halogens is 2. The topological polar surface area (TPSA) is 99.5 Å². The summed E-state index contributed by atoms with van der Waals surface area (Å²) < 4.78 is 52.8. The summed E-state index contributed by atoms with van der Waals surface area (Å²) in [6.07, 6.45) is 0.00802. The number of carbonyl (C=O) groups is 1. The maximum atomic E-state index is 12.7. The minimum Gasteiger partial charge on any atom is -0.370 e. The van der Waals surface area contributed by atoms with E-state index in [1.54, 1.807) is 62.2 Å². The molecule has 1 amide bonds. The van der Waals surface area contributed by atoms with Gasteiger partial charge >= 0.3 is 6.61 Å². The van der Waals surface area contributed by atoms with Crippen molar-refractivity contribution >= 4 is 21.4 Å². The molecule has 2 aromatic carbocycles. The van der Waals surface area contributed by atoms with Gasteiger partial charge in [0.15, 0.2) is 9.84 Å². The van der Waals surface area contributed by atoms with Crippen molar-refractivity contribution in [2.75, 3.05) is 24.3 Å². The Morgan fingerprint density at radius 2 is 1.76 bits per heavy atom. The molecule has 7 nitrogen and oxygen atoms in total. The van der Waals surface area contributed by atoms with Crippen molar-refractivity contribution in [1.82, 2.24) is 5.32 Å². The molecule has 0 fully saturated rings. The van der Waals surface area contributed by atoms with Crippen molar-refractivity contribution in [3.8, 4) is 6.07 Å². The van der Waals surface area contributed by atoms with Crippen LogP contribution in [0, 0.1) is 11.3 Å². The number of nitrogens with zero attached hydrogens (tertiary/aromatic N) is 2. The van der Waals surface area contributed by atoms with Crippen LogP contribution in [0.25, 0.3) is 0 Å². The molecule has 0 saturated carbocycles. The molecule has 0 unspecified atom stereocenters. The molecule has 2 aromatic rings. The lowest BCUT2D eigenvalue weighted by atomic mass is 10.0. The van der Waals surface area contributed by atoms with Gasteiger partial charge in [0.25, 0.3) is 5.91 Å². The molecule has 0 aliphatic heterocycles. The number of rotatable bonds is 11. The summed E-state index contributed by atoms with van der Waals surface area (Å²) in [6, 6.07) is 13.8. The highest BCUT2D eigenvalue weighted by molar-refractivity contribution is 7.91. The number of sulfone groups is 1. The van der Waals surface area contributed by atoms with Gasteiger partial charge in [0.1, 0.15) is 0 Å². The Labute approximate surface area is 192 Å². The third-order valence-corrected chi connectivity index (χ3v) is 7.03. The number of ether oxygens (including phenoxy) is 1. The van der Waals surface area contributed by atoms with E-state index in [4.69, 9.17) is 0 Å². The number of alkyl halides is 2. The van der Waals surface area contributed by atoms with Crippen LogP contribution in [0.3, 0.4) is 0 Å². The molecule has 10 heteroatoms. The number of anilines is 1. The number of benzene rings is 2. The number of carbonyl (C=O) groups excluding carboxylic acids is 1. The Balaban J connectivity index is 2.10. The zero-order chi connectivity index (χ0) is 24.6. The van der Waals surface area contributed by atoms with E-state index in [0.29, 0.717) is 11.1 Å². The summed E-state index contributed by atoms with van der Waals surface area (Å²) in [5, 5.41) is 12.0. The van der Waals surface area contributed by atoms with Gasteiger partial charge < -0.3 is 15.0 Å². The highest BCUT2D eigenvalue weighted by Gasteiger charge is 2.19. The Morgan fingerprint density at radius 1 is 1.15 bits per heavy atom. The molecule has 33 heavy (non-hydrogen) atoms. The Kier molecular flexibility index (Phi) is 9.32. The van der Waals surface area contributed by atoms with Crippen LogP contribution in [-0.2, 0) is 14.6 Å². The average Bonchev–Trinajstić information content (AvgIpc) is 2.81. The van der Waals surface area contributed by atoms with E-state index >= 15 is 0 Å². The van der Waals surface area contributed by atoms with Crippen LogP contribution < -0.4 is 10.2 Å². The maximum Gasteiger partial charge on any atom is 0.345 e. The third-order valence-electron chi connectivity index (χ3n) is 5.28. The molecule has 0 heterocycles. The van der Waals surface area contributed by atoms with Crippen LogP contribution in [0.15, 0.2) is 53.4 Å². The molecule has 0 saturated heterocycles. The van der Waals surface area contributed by atoms with Crippen LogP contribution in [0.2, 0.25) is 0 Å². The van der Waals surface area contributed by atoms with Crippen molar-refractivity contribution in [3.05, 3.63) is 59.7 Å². The summed E-state index contributed by atoms with van der Waals surface area (Å²) in [5.74, 6) is -0.419. The highest BCUT2D eigenvalue weighted by Crippen LogP contribution is 2.22. The van der Waals surface area contributed by atoms with Gasteiger partial charge in [0, 0.05) is 24.3 Å². The number of hydrogen-bond acceptors (Lipinski definition) is 6. The molecule has 2 rings (SSSR count). The summed E-state index contributed by atoms with van der Waals surface area (Å²) in [6.45, 7) is 0.320. The largest absolute Gasteiger partial charge is 0.370 e. The molecule has 0 spiro atoms. The summed E-state index contributed by atoms with van der Waals surface area (Å²) >= 11 is 0. The van der Waals surface area contributed by atoms with Crippen LogP contribution in [-0.4, -0.2) is 46.4 Å². The number of hydrogen-bond donors (Lipinski definition) is 1. The Bertz CT molecular complexity index is 1070. The monoisotopic (exact) mass is 479 g/mol. The lowest BCUT2D eigenvalue weighted by molar-refractivity contribution is -0.131. The van der Waals surface area contributed by atoms with E-state index < -0.39 is 28.4 Å². The number of nitrogens with one attached hydrogen (secondary N) is 1. The first-order valence-electron chi connectivity index (χ1n) is 10.3. The van der Waals surface area contributed by atoms with Crippen molar-refractivity contribution in [1.29, 1.82) is 5.26 Å². The van der Waals surface area contributed by atoms with Crippen LogP contribution in [0.5, 0.6) is 0 Å². The summed E-state index contributed by atoms with van der Waals surface area (Å²) in [7, 11) is -1.61. The molecule has 0 aromatic heterocycles. The number of amides is 1. The summed E-state index contributed by atoms with van der Waals surface area (Å²) in [5.41, 5.74) is 1.69. The predicted molar refractivity (Wildman–Crippen MR) is 121 cm³/mol. The first-order valence-corrected chi connectivity index (χ1v) is 12.0. The second-order valence-electron chi connectivity index (χ2n) is 7.46. The van der Waals surface area contributed by atoms with E-state index in [-0.39, 0.29) is 29.7 Å². The molecular weight excluding hydrogens is 452 g/mol. The fourth-order valence-corrected chi connectivity index (χ4v) is 3.97. The third kappa shape index (κ3) is 7.23. The van der Waals surface area contributed by atoms with Crippen molar-refractivity contribution in [3.63, 3.8) is 0 Å². The minimum atomic E-state index is -3.35. The van der Waals surface area contributed by atoms with Gasteiger partial charge in [-0.3, -0.25) is 4.79 Å². The fraction of sp³-hybridized carbons (Fsp3) is 0.391. The molecule has 178 valence electrons. The second-order valence-corrected chi connectivity index (χ2v) is 9.74. The van der Waals surface area contributed by atoms with Gasteiger partial charge in [-0.25, -0.2) is 8.42 Å². The second kappa shape index (κ2) is 11.7. The lowest BCUT2D eigenvalue weighted by Gasteiger charge is -2.27. The van der Waals surface area contributed by atoms with Gasteiger partial charge in [-0.15, -0.1) is 0 Å². The van der Waals surface area contributed by atoms with Gasteiger partial charge in [0.2, 0.25) is 0 Å². The zero-order valence-corrected chi connectivity index (χ0v) is 19.5. The minimum absolute atomic E-state index is 0.00802. The molecule has 0 aliphatic rings. The smallest absolute Gasteiger partial charge is 0.345 e. The van der Waals surface area contributed by atoms with Crippen molar-refractivity contribution in [2.24, 2.45) is 0 Å². The number of nitriles is 1. The van der Waals surface area contributed by atoms with Crippen LogP contribution >= 0.6 is 0 Å². The van der Waals surface area contributed by atoms with Gasteiger partial charge in [-0.1, -0.05) is 19.1 Å². The molecular formula is C23H27F2N3O4S. The number of likely N-dealkylation sites (N-methyl/N-ethyl adjacent to an activating group) is 1. The predicted octanol–water partition coefficient (Wildman–Crippen LogP) is 3.93. The van der Waals surface area contributed by atoms with E-state index in [1.807, 2.05) is 6.07 Å². The van der Waals surface area contributed by atoms with Crippen molar-refractivity contribution < 1.29 is 26.7 Å². The SMILES string of the molecule is CCS(=O)(=O)c1ccc([C@H](CC#N)NC(=O)c2ccc(N(C)[C@@H](C)COC(F)F)cc2)cc1. The van der Waals surface area contributed by atoms with E-state index in [1.165, 1.54) is 12.1 Å². The molecule has 2 atom stereocenters. The molecule has 1 N–H and O–H groups in total. The quantitative estimate of drug-likeness (QED) is 0.524.